The van der Waals surface area contributed by atoms with Gasteiger partial charge in [0.1, 0.15) is 18.1 Å². The summed E-state index contributed by atoms with van der Waals surface area (Å²) in [6, 6.07) is 18.1. The highest BCUT2D eigenvalue weighted by molar-refractivity contribution is 7.89. The third-order valence-corrected chi connectivity index (χ3v) is 7.41. The van der Waals surface area contributed by atoms with E-state index in [-0.39, 0.29) is 23.6 Å². The summed E-state index contributed by atoms with van der Waals surface area (Å²) < 4.78 is 38.3. The predicted octanol–water partition coefficient (Wildman–Crippen LogP) is 3.44. The Morgan fingerprint density at radius 3 is 2.53 bits per heavy atom. The van der Waals surface area contributed by atoms with Gasteiger partial charge in [0.2, 0.25) is 10.0 Å². The SMILES string of the molecule is COc1ccc(S(=O)(=O)N2CCCC2)cc1C(=O)NCCOc1cccc2ccccc12. The number of methoxy groups -OCH3 is 1. The van der Waals surface area contributed by atoms with Crippen LogP contribution in [0.3, 0.4) is 0 Å². The lowest BCUT2D eigenvalue weighted by atomic mass is 10.1. The van der Waals surface area contributed by atoms with E-state index in [9.17, 15) is 13.2 Å². The van der Waals surface area contributed by atoms with Crippen LogP contribution in [0.25, 0.3) is 10.8 Å². The largest absolute Gasteiger partial charge is 0.496 e. The van der Waals surface area contributed by atoms with Crippen molar-refractivity contribution >= 4 is 26.7 Å². The number of fused-ring (bicyclic) bond motifs is 1. The van der Waals surface area contributed by atoms with Crippen molar-refractivity contribution in [1.29, 1.82) is 0 Å². The minimum atomic E-state index is -3.63. The molecule has 4 rings (SSSR count). The molecule has 0 aromatic heterocycles. The molecule has 0 saturated carbocycles. The molecule has 0 bridgehead atoms. The van der Waals surface area contributed by atoms with Gasteiger partial charge < -0.3 is 14.8 Å². The second-order valence-corrected chi connectivity index (χ2v) is 9.49. The monoisotopic (exact) mass is 454 g/mol. The highest BCUT2D eigenvalue weighted by atomic mass is 32.2. The standard InChI is InChI=1S/C24H26N2O5S/c1-30-22-12-11-19(32(28,29)26-14-4-5-15-26)17-21(22)24(27)25-13-16-31-23-10-6-8-18-7-2-3-9-20(18)23/h2-3,6-12,17H,4-5,13-16H2,1H3,(H,25,27). The van der Waals surface area contributed by atoms with E-state index in [2.05, 4.69) is 5.32 Å². The van der Waals surface area contributed by atoms with E-state index >= 15 is 0 Å². The quantitative estimate of drug-likeness (QED) is 0.527. The van der Waals surface area contributed by atoms with E-state index in [1.165, 1.54) is 29.6 Å². The number of ether oxygens (including phenoxy) is 2. The molecular weight excluding hydrogens is 428 g/mol. The molecule has 1 fully saturated rings. The Bertz CT molecular complexity index is 1210. The zero-order chi connectivity index (χ0) is 22.6. The Morgan fingerprint density at radius 1 is 1.00 bits per heavy atom. The number of sulfonamides is 1. The van der Waals surface area contributed by atoms with Crippen LogP contribution in [0.15, 0.2) is 65.6 Å². The summed E-state index contributed by atoms with van der Waals surface area (Å²) >= 11 is 0. The van der Waals surface area contributed by atoms with Gasteiger partial charge in [0, 0.05) is 18.5 Å². The molecule has 0 aliphatic carbocycles. The van der Waals surface area contributed by atoms with Crippen molar-refractivity contribution in [2.45, 2.75) is 17.7 Å². The second-order valence-electron chi connectivity index (χ2n) is 7.55. The number of hydrogen-bond donors (Lipinski definition) is 1. The lowest BCUT2D eigenvalue weighted by Crippen LogP contribution is -2.30. The molecule has 0 atom stereocenters. The number of carbonyl (C=O) groups excluding carboxylic acids is 1. The number of nitrogens with one attached hydrogen (secondary N) is 1. The molecule has 3 aromatic carbocycles. The Labute approximate surface area is 188 Å². The third kappa shape index (κ3) is 4.56. The Hall–Kier alpha value is -3.10. The zero-order valence-electron chi connectivity index (χ0n) is 17.9. The summed E-state index contributed by atoms with van der Waals surface area (Å²) in [7, 11) is -2.18. The predicted molar refractivity (Wildman–Crippen MR) is 123 cm³/mol. The summed E-state index contributed by atoms with van der Waals surface area (Å²) in [6.45, 7) is 1.53. The summed E-state index contributed by atoms with van der Waals surface area (Å²) in [5, 5.41) is 4.87. The molecule has 1 saturated heterocycles. The lowest BCUT2D eigenvalue weighted by molar-refractivity contribution is 0.0944. The highest BCUT2D eigenvalue weighted by Gasteiger charge is 2.28. The Kier molecular flexibility index (Phi) is 6.62. The number of amides is 1. The molecule has 32 heavy (non-hydrogen) atoms. The van der Waals surface area contributed by atoms with Crippen LogP contribution in [0.4, 0.5) is 0 Å². The van der Waals surface area contributed by atoms with E-state index in [1.807, 2.05) is 42.5 Å². The van der Waals surface area contributed by atoms with Gasteiger partial charge in [-0.05, 0) is 42.5 Å². The molecule has 1 N–H and O–H groups in total. The van der Waals surface area contributed by atoms with Gasteiger partial charge in [0.05, 0.1) is 24.1 Å². The Morgan fingerprint density at radius 2 is 1.75 bits per heavy atom. The highest BCUT2D eigenvalue weighted by Crippen LogP contribution is 2.27. The van der Waals surface area contributed by atoms with Gasteiger partial charge in [-0.1, -0.05) is 36.4 Å². The smallest absolute Gasteiger partial charge is 0.255 e. The maximum atomic E-state index is 12.9. The minimum absolute atomic E-state index is 0.0948. The van der Waals surface area contributed by atoms with Crippen LogP contribution in [0.2, 0.25) is 0 Å². The van der Waals surface area contributed by atoms with Crippen LogP contribution in [0.5, 0.6) is 11.5 Å². The van der Waals surface area contributed by atoms with Crippen LogP contribution >= 0.6 is 0 Å². The van der Waals surface area contributed by atoms with Crippen molar-refractivity contribution in [2.75, 3.05) is 33.4 Å². The van der Waals surface area contributed by atoms with Crippen molar-refractivity contribution in [3.05, 3.63) is 66.2 Å². The van der Waals surface area contributed by atoms with Crippen LogP contribution in [-0.4, -0.2) is 52.0 Å². The molecule has 8 heteroatoms. The summed E-state index contributed by atoms with van der Waals surface area (Å²) in [4.78, 5) is 12.9. The molecule has 1 aliphatic rings. The molecule has 1 aliphatic heterocycles. The number of carbonyl (C=O) groups is 1. The molecule has 0 spiro atoms. The van der Waals surface area contributed by atoms with Gasteiger partial charge in [-0.15, -0.1) is 0 Å². The number of hydrogen-bond acceptors (Lipinski definition) is 5. The number of benzene rings is 3. The van der Waals surface area contributed by atoms with E-state index in [0.717, 1.165) is 29.4 Å². The minimum Gasteiger partial charge on any atom is -0.496 e. The van der Waals surface area contributed by atoms with Crippen LogP contribution in [0, 0.1) is 0 Å². The summed E-state index contributed by atoms with van der Waals surface area (Å²) in [6.07, 6.45) is 1.69. The van der Waals surface area contributed by atoms with Gasteiger partial charge in [-0.2, -0.15) is 4.31 Å². The van der Waals surface area contributed by atoms with Crippen molar-refractivity contribution in [3.63, 3.8) is 0 Å². The number of rotatable bonds is 8. The van der Waals surface area contributed by atoms with Crippen molar-refractivity contribution in [2.24, 2.45) is 0 Å². The first-order valence-electron chi connectivity index (χ1n) is 10.6. The maximum absolute atomic E-state index is 12.9. The van der Waals surface area contributed by atoms with Crippen molar-refractivity contribution in [1.82, 2.24) is 9.62 Å². The normalized spacial score (nSPS) is 14.4. The van der Waals surface area contributed by atoms with Crippen LogP contribution < -0.4 is 14.8 Å². The molecular formula is C24H26N2O5S. The van der Waals surface area contributed by atoms with Gasteiger partial charge in [0.25, 0.3) is 5.91 Å². The summed E-state index contributed by atoms with van der Waals surface area (Å²) in [5.41, 5.74) is 0.179. The van der Waals surface area contributed by atoms with Crippen molar-refractivity contribution < 1.29 is 22.7 Å². The topological polar surface area (TPSA) is 84.9 Å². The van der Waals surface area contributed by atoms with Gasteiger partial charge in [0.15, 0.2) is 0 Å². The molecule has 1 amide bonds. The van der Waals surface area contributed by atoms with Gasteiger partial charge >= 0.3 is 0 Å². The van der Waals surface area contributed by atoms with Crippen molar-refractivity contribution in [3.8, 4) is 11.5 Å². The molecule has 1 heterocycles. The number of nitrogens with zero attached hydrogens (tertiary/aromatic N) is 1. The summed E-state index contributed by atoms with van der Waals surface area (Å²) in [5.74, 6) is 0.647. The van der Waals surface area contributed by atoms with E-state index in [1.54, 1.807) is 0 Å². The average Bonchev–Trinajstić information content (AvgIpc) is 3.37. The van der Waals surface area contributed by atoms with Gasteiger partial charge in [-0.3, -0.25) is 4.79 Å². The molecule has 0 radical (unpaired) electrons. The van der Waals surface area contributed by atoms with Crippen LogP contribution in [-0.2, 0) is 10.0 Å². The fourth-order valence-electron chi connectivity index (χ4n) is 3.84. The molecule has 7 nitrogen and oxygen atoms in total. The third-order valence-electron chi connectivity index (χ3n) is 5.51. The van der Waals surface area contributed by atoms with E-state index < -0.39 is 15.9 Å². The van der Waals surface area contributed by atoms with E-state index in [4.69, 9.17) is 9.47 Å². The Balaban J connectivity index is 1.43. The first-order valence-corrected chi connectivity index (χ1v) is 12.0. The zero-order valence-corrected chi connectivity index (χ0v) is 18.7. The fourth-order valence-corrected chi connectivity index (χ4v) is 5.39. The van der Waals surface area contributed by atoms with E-state index in [0.29, 0.717) is 18.8 Å². The maximum Gasteiger partial charge on any atom is 0.255 e. The average molecular weight is 455 g/mol. The molecule has 0 unspecified atom stereocenters. The molecule has 168 valence electrons. The van der Waals surface area contributed by atoms with Crippen LogP contribution in [0.1, 0.15) is 23.2 Å². The lowest BCUT2D eigenvalue weighted by Gasteiger charge is -2.17. The molecule has 3 aromatic rings. The first-order chi connectivity index (χ1) is 15.5. The van der Waals surface area contributed by atoms with Gasteiger partial charge in [-0.25, -0.2) is 8.42 Å². The first kappa shape index (κ1) is 22.1. The fraction of sp³-hybridized carbons (Fsp3) is 0.292. The second kappa shape index (κ2) is 9.58.